The van der Waals surface area contributed by atoms with Crippen molar-refractivity contribution in [1.82, 2.24) is 0 Å². The summed E-state index contributed by atoms with van der Waals surface area (Å²) in [5, 5.41) is 0. The zero-order valence-corrected chi connectivity index (χ0v) is 9.18. The minimum Gasteiger partial charge on any atom is -0.456 e. The second-order valence-electron chi connectivity index (χ2n) is 3.11. The van der Waals surface area contributed by atoms with Gasteiger partial charge in [-0.3, -0.25) is 4.79 Å². The highest BCUT2D eigenvalue weighted by Gasteiger charge is 2.30. The van der Waals surface area contributed by atoms with Crippen molar-refractivity contribution in [3.05, 3.63) is 12.2 Å². The number of carbonyl (C=O) groups is 2. The van der Waals surface area contributed by atoms with Crippen molar-refractivity contribution >= 4 is 11.9 Å². The number of carbonyl (C=O) groups excluding carboxylic acids is 2. The largest absolute Gasteiger partial charge is 0.456 e. The van der Waals surface area contributed by atoms with Gasteiger partial charge in [0.25, 0.3) is 0 Å². The third-order valence-corrected chi connectivity index (χ3v) is 1.31. The summed E-state index contributed by atoms with van der Waals surface area (Å²) in [5.41, 5.74) is 0. The molecule has 0 radical (unpaired) electrons. The number of esters is 2. The van der Waals surface area contributed by atoms with E-state index in [2.05, 4.69) is 9.47 Å². The average Bonchev–Trinajstić information content (AvgIpc) is 2.22. The molecule has 0 bridgehead atoms. The predicted octanol–water partition coefficient (Wildman–Crippen LogP) is 2.14. The van der Waals surface area contributed by atoms with E-state index >= 15 is 0 Å². The molecule has 0 aliphatic rings. The zero-order chi connectivity index (χ0) is 15.1. The molecule has 0 aromatic rings. The third-order valence-electron chi connectivity index (χ3n) is 1.31. The molecule has 0 saturated carbocycles. The highest BCUT2D eigenvalue weighted by atomic mass is 19.4. The minimum atomic E-state index is -4.69. The first-order chi connectivity index (χ1) is 8.49. The molecule has 0 aromatic carbocycles. The van der Waals surface area contributed by atoms with Crippen LogP contribution in [0.3, 0.4) is 0 Å². The van der Waals surface area contributed by atoms with E-state index in [9.17, 15) is 35.9 Å². The Labute approximate surface area is 103 Å². The molecule has 0 aliphatic carbocycles. The summed E-state index contributed by atoms with van der Waals surface area (Å²) in [5.74, 6) is -2.65. The van der Waals surface area contributed by atoms with E-state index in [1.54, 1.807) is 0 Å². The second-order valence-corrected chi connectivity index (χ2v) is 3.11. The van der Waals surface area contributed by atoms with Gasteiger partial charge >= 0.3 is 24.3 Å². The van der Waals surface area contributed by atoms with Crippen LogP contribution in [0.1, 0.15) is 6.42 Å². The van der Waals surface area contributed by atoms with Crippen molar-refractivity contribution in [2.45, 2.75) is 18.8 Å². The molecule has 0 amide bonds. The Bertz CT molecular complexity index is 344. The molecule has 0 N–H and O–H groups in total. The van der Waals surface area contributed by atoms with Crippen LogP contribution < -0.4 is 0 Å². The molecule has 0 heterocycles. The van der Waals surface area contributed by atoms with Gasteiger partial charge in [-0.1, -0.05) is 6.08 Å². The maximum Gasteiger partial charge on any atom is 0.422 e. The molecule has 0 aromatic heterocycles. The van der Waals surface area contributed by atoms with Gasteiger partial charge in [-0.25, -0.2) is 4.79 Å². The first-order valence-corrected chi connectivity index (χ1v) is 4.62. The molecular formula is C9H8F6O4. The van der Waals surface area contributed by atoms with Gasteiger partial charge in [0.15, 0.2) is 13.2 Å². The summed E-state index contributed by atoms with van der Waals surface area (Å²) in [6.45, 7) is -3.58. The van der Waals surface area contributed by atoms with Crippen LogP contribution in [0.4, 0.5) is 26.3 Å². The first-order valence-electron chi connectivity index (χ1n) is 4.62. The van der Waals surface area contributed by atoms with E-state index in [4.69, 9.17) is 0 Å². The van der Waals surface area contributed by atoms with Gasteiger partial charge in [0, 0.05) is 6.08 Å². The molecule has 4 nitrogen and oxygen atoms in total. The summed E-state index contributed by atoms with van der Waals surface area (Å²) >= 11 is 0. The van der Waals surface area contributed by atoms with E-state index in [-0.39, 0.29) is 0 Å². The number of halogens is 6. The van der Waals surface area contributed by atoms with Crippen LogP contribution in [0.5, 0.6) is 0 Å². The molecule has 0 aliphatic heterocycles. The Balaban J connectivity index is 3.89. The van der Waals surface area contributed by atoms with Crippen LogP contribution >= 0.6 is 0 Å². The fourth-order valence-electron chi connectivity index (χ4n) is 0.674. The van der Waals surface area contributed by atoms with E-state index in [0.29, 0.717) is 6.08 Å². The second kappa shape index (κ2) is 7.00. The molecule has 0 spiro atoms. The summed E-state index contributed by atoms with van der Waals surface area (Å²) in [6, 6.07) is 0. The monoisotopic (exact) mass is 294 g/mol. The van der Waals surface area contributed by atoms with E-state index in [1.807, 2.05) is 0 Å². The molecule has 0 saturated heterocycles. The van der Waals surface area contributed by atoms with Crippen LogP contribution in [0.15, 0.2) is 12.2 Å². The average molecular weight is 294 g/mol. The minimum absolute atomic E-state index is 0.487. The standard InChI is InChI=1S/C9H8F6O4/c10-8(11,12)4-18-6(16)2-1-3-7(17)19-5-9(13,14)15/h1-2H,3-5H2/b2-1+. The molecule has 0 unspecified atom stereocenters. The van der Waals surface area contributed by atoms with Gasteiger partial charge in [0.2, 0.25) is 0 Å². The molecule has 19 heavy (non-hydrogen) atoms. The van der Waals surface area contributed by atoms with Gasteiger partial charge in [0.1, 0.15) is 0 Å². The lowest BCUT2D eigenvalue weighted by molar-refractivity contribution is -0.185. The number of ether oxygens (including phenoxy) is 2. The Morgan fingerprint density at radius 3 is 1.84 bits per heavy atom. The molecule has 110 valence electrons. The van der Waals surface area contributed by atoms with Crippen LogP contribution in [-0.2, 0) is 19.1 Å². The van der Waals surface area contributed by atoms with Gasteiger partial charge in [0.05, 0.1) is 6.42 Å². The predicted molar refractivity (Wildman–Crippen MR) is 47.8 cm³/mol. The summed E-state index contributed by atoms with van der Waals surface area (Å²) in [7, 11) is 0. The lowest BCUT2D eigenvalue weighted by Crippen LogP contribution is -2.20. The topological polar surface area (TPSA) is 52.6 Å². The summed E-state index contributed by atoms with van der Waals surface area (Å²) < 4.78 is 77.1. The van der Waals surface area contributed by atoms with Crippen molar-refractivity contribution in [3.63, 3.8) is 0 Å². The van der Waals surface area contributed by atoms with Crippen molar-refractivity contribution in [1.29, 1.82) is 0 Å². The Morgan fingerprint density at radius 1 is 0.895 bits per heavy atom. The molecule has 0 rings (SSSR count). The quantitative estimate of drug-likeness (QED) is 0.443. The number of alkyl halides is 6. The molecular weight excluding hydrogens is 286 g/mol. The van der Waals surface area contributed by atoms with Gasteiger partial charge in [-0.2, -0.15) is 26.3 Å². The van der Waals surface area contributed by atoms with Gasteiger partial charge in [-0.05, 0) is 0 Å². The van der Waals surface area contributed by atoms with Crippen molar-refractivity contribution in [2.75, 3.05) is 13.2 Å². The van der Waals surface area contributed by atoms with Crippen LogP contribution in [0.25, 0.3) is 0 Å². The van der Waals surface area contributed by atoms with Gasteiger partial charge < -0.3 is 9.47 Å². The zero-order valence-electron chi connectivity index (χ0n) is 9.18. The number of hydrogen-bond donors (Lipinski definition) is 0. The van der Waals surface area contributed by atoms with Crippen molar-refractivity contribution < 1.29 is 45.4 Å². The molecule has 0 atom stereocenters. The Hall–Kier alpha value is -1.74. The van der Waals surface area contributed by atoms with Crippen LogP contribution in [-0.4, -0.2) is 37.5 Å². The maximum atomic E-state index is 11.6. The normalized spacial score (nSPS) is 12.5. The fraction of sp³-hybridized carbons (Fsp3) is 0.556. The summed E-state index contributed by atoms with van der Waals surface area (Å²) in [6.07, 6.45) is -8.84. The molecule has 0 fully saturated rings. The van der Waals surface area contributed by atoms with Crippen LogP contribution in [0, 0.1) is 0 Å². The van der Waals surface area contributed by atoms with E-state index in [0.717, 1.165) is 6.08 Å². The van der Waals surface area contributed by atoms with E-state index < -0.39 is 43.9 Å². The highest BCUT2D eigenvalue weighted by Crippen LogP contribution is 2.15. The fourth-order valence-corrected chi connectivity index (χ4v) is 0.674. The van der Waals surface area contributed by atoms with Crippen LogP contribution in [0.2, 0.25) is 0 Å². The van der Waals surface area contributed by atoms with Crippen molar-refractivity contribution in [2.24, 2.45) is 0 Å². The maximum absolute atomic E-state index is 11.6. The highest BCUT2D eigenvalue weighted by molar-refractivity contribution is 5.83. The SMILES string of the molecule is O=C(/C=C/CC(=O)OCC(F)(F)F)OCC(F)(F)F. The lowest BCUT2D eigenvalue weighted by Gasteiger charge is -2.06. The lowest BCUT2D eigenvalue weighted by atomic mass is 10.4. The summed E-state index contributed by atoms with van der Waals surface area (Å²) in [4.78, 5) is 21.3. The van der Waals surface area contributed by atoms with Crippen molar-refractivity contribution in [3.8, 4) is 0 Å². The van der Waals surface area contributed by atoms with Gasteiger partial charge in [-0.15, -0.1) is 0 Å². The smallest absolute Gasteiger partial charge is 0.422 e. The Kier molecular flexibility index (Phi) is 6.36. The Morgan fingerprint density at radius 2 is 1.37 bits per heavy atom. The third kappa shape index (κ3) is 12.5. The van der Waals surface area contributed by atoms with E-state index in [1.165, 1.54) is 0 Å². The number of hydrogen-bond acceptors (Lipinski definition) is 4. The first kappa shape index (κ1) is 17.3. The molecule has 10 heteroatoms. The number of rotatable bonds is 5.